The van der Waals surface area contributed by atoms with E-state index in [0.29, 0.717) is 5.92 Å². The van der Waals surface area contributed by atoms with Crippen LogP contribution in [-0.4, -0.2) is 0 Å². The highest BCUT2D eigenvalue weighted by Crippen LogP contribution is 2.30. The summed E-state index contributed by atoms with van der Waals surface area (Å²) in [6.45, 7) is 3.91. The van der Waals surface area contributed by atoms with Gasteiger partial charge in [-0.3, -0.25) is 0 Å². The lowest BCUT2D eigenvalue weighted by atomic mass is 9.81. The molecular formula is C9H11N. The van der Waals surface area contributed by atoms with E-state index in [1.165, 1.54) is 0 Å². The molecule has 0 fully saturated rings. The summed E-state index contributed by atoms with van der Waals surface area (Å²) in [5.41, 5.74) is -0.247. The molecule has 0 aromatic rings. The van der Waals surface area contributed by atoms with E-state index in [0.717, 1.165) is 0 Å². The first-order valence-electron chi connectivity index (χ1n) is 3.43. The van der Waals surface area contributed by atoms with Gasteiger partial charge < -0.3 is 0 Å². The first-order chi connectivity index (χ1) is 4.67. The van der Waals surface area contributed by atoms with E-state index in [9.17, 15) is 0 Å². The molecule has 0 aromatic heterocycles. The Morgan fingerprint density at radius 1 is 1.30 bits per heavy atom. The molecule has 0 unspecified atom stereocenters. The molecule has 0 N–H and O–H groups in total. The van der Waals surface area contributed by atoms with Gasteiger partial charge in [-0.2, -0.15) is 5.26 Å². The second-order valence-electron chi connectivity index (χ2n) is 3.13. The van der Waals surface area contributed by atoms with Crippen molar-refractivity contribution in [2.75, 3.05) is 0 Å². The second-order valence-corrected chi connectivity index (χ2v) is 3.13. The van der Waals surface area contributed by atoms with Gasteiger partial charge in [0.15, 0.2) is 0 Å². The summed E-state index contributed by atoms with van der Waals surface area (Å²) in [6, 6.07) is 2.28. The number of hydrogen-bond donors (Lipinski definition) is 0. The zero-order chi connectivity index (χ0) is 7.61. The minimum absolute atomic E-state index is 0.247. The zero-order valence-corrected chi connectivity index (χ0v) is 6.33. The zero-order valence-electron chi connectivity index (χ0n) is 6.33. The van der Waals surface area contributed by atoms with Gasteiger partial charge in [-0.25, -0.2) is 0 Å². The Balaban J connectivity index is 2.76. The lowest BCUT2D eigenvalue weighted by Crippen LogP contribution is -2.16. The van der Waals surface area contributed by atoms with Gasteiger partial charge in [-0.15, -0.1) is 0 Å². The van der Waals surface area contributed by atoms with Crippen LogP contribution in [0.4, 0.5) is 0 Å². The van der Waals surface area contributed by atoms with Crippen LogP contribution in [-0.2, 0) is 0 Å². The van der Waals surface area contributed by atoms with Crippen LogP contribution >= 0.6 is 0 Å². The van der Waals surface area contributed by atoms with E-state index in [1.54, 1.807) is 0 Å². The van der Waals surface area contributed by atoms with E-state index in [1.807, 2.05) is 26.0 Å². The molecule has 0 saturated heterocycles. The lowest BCUT2D eigenvalue weighted by molar-refractivity contribution is 0.419. The van der Waals surface area contributed by atoms with E-state index < -0.39 is 0 Å². The van der Waals surface area contributed by atoms with Crippen molar-refractivity contribution in [1.29, 1.82) is 5.26 Å². The number of nitriles is 1. The van der Waals surface area contributed by atoms with Crippen molar-refractivity contribution in [3.63, 3.8) is 0 Å². The number of hydrogen-bond acceptors (Lipinski definition) is 1. The van der Waals surface area contributed by atoms with Gasteiger partial charge >= 0.3 is 0 Å². The smallest absolute Gasteiger partial charge is 0.0693 e. The van der Waals surface area contributed by atoms with Crippen LogP contribution in [0.2, 0.25) is 0 Å². The minimum Gasteiger partial charge on any atom is -0.198 e. The van der Waals surface area contributed by atoms with Gasteiger partial charge in [0.1, 0.15) is 0 Å². The third-order valence-electron chi connectivity index (χ3n) is 1.87. The fourth-order valence-electron chi connectivity index (χ4n) is 0.988. The predicted octanol–water partition coefficient (Wildman–Crippen LogP) is 2.28. The standard InChI is InChI=1S/C9H11N/c1-9(2,7-10)8-5-3-4-6-8/h3-6,8H,1-2H3. The molecule has 0 aliphatic heterocycles. The van der Waals surface area contributed by atoms with Gasteiger partial charge in [-0.05, 0) is 13.8 Å². The van der Waals surface area contributed by atoms with E-state index in [4.69, 9.17) is 5.26 Å². The van der Waals surface area contributed by atoms with Crippen molar-refractivity contribution in [2.45, 2.75) is 13.8 Å². The number of rotatable bonds is 1. The van der Waals surface area contributed by atoms with E-state index >= 15 is 0 Å². The van der Waals surface area contributed by atoms with Crippen molar-refractivity contribution in [3.05, 3.63) is 24.3 Å². The largest absolute Gasteiger partial charge is 0.198 e. The first kappa shape index (κ1) is 7.08. The number of allylic oxidation sites excluding steroid dienone is 4. The van der Waals surface area contributed by atoms with Crippen LogP contribution < -0.4 is 0 Å². The molecule has 0 saturated carbocycles. The average Bonchev–Trinajstić information content (AvgIpc) is 2.38. The van der Waals surface area contributed by atoms with Gasteiger partial charge in [0.25, 0.3) is 0 Å². The summed E-state index contributed by atoms with van der Waals surface area (Å²) >= 11 is 0. The Hall–Kier alpha value is -1.03. The van der Waals surface area contributed by atoms with Crippen molar-refractivity contribution >= 4 is 0 Å². The Labute approximate surface area is 61.7 Å². The molecule has 0 atom stereocenters. The molecule has 52 valence electrons. The Morgan fingerprint density at radius 2 is 1.80 bits per heavy atom. The Kier molecular flexibility index (Phi) is 1.63. The Morgan fingerprint density at radius 3 is 2.20 bits per heavy atom. The third-order valence-corrected chi connectivity index (χ3v) is 1.87. The molecule has 0 heterocycles. The molecule has 1 heteroatoms. The third kappa shape index (κ3) is 1.11. The lowest BCUT2D eigenvalue weighted by Gasteiger charge is -2.19. The van der Waals surface area contributed by atoms with Gasteiger partial charge in [0, 0.05) is 5.92 Å². The van der Waals surface area contributed by atoms with Crippen LogP contribution in [0.3, 0.4) is 0 Å². The normalized spacial score (nSPS) is 17.7. The summed E-state index contributed by atoms with van der Waals surface area (Å²) in [5.74, 6) is 0.303. The molecule has 1 nitrogen and oxygen atoms in total. The summed E-state index contributed by atoms with van der Waals surface area (Å²) in [5, 5.41) is 8.74. The molecule has 1 aliphatic carbocycles. The monoisotopic (exact) mass is 133 g/mol. The fourth-order valence-corrected chi connectivity index (χ4v) is 0.988. The molecule has 0 radical (unpaired) electrons. The SMILES string of the molecule is CC(C)(C#N)C1C=CC=C1. The maximum absolute atomic E-state index is 8.74. The Bertz CT molecular complexity index is 203. The quantitative estimate of drug-likeness (QED) is 0.538. The minimum atomic E-state index is -0.247. The highest BCUT2D eigenvalue weighted by atomic mass is 14.4. The number of nitrogens with zero attached hydrogens (tertiary/aromatic N) is 1. The average molecular weight is 133 g/mol. The summed E-state index contributed by atoms with van der Waals surface area (Å²) in [4.78, 5) is 0. The molecule has 1 aliphatic rings. The van der Waals surface area contributed by atoms with Gasteiger partial charge in [0.2, 0.25) is 0 Å². The van der Waals surface area contributed by atoms with Crippen molar-refractivity contribution in [2.24, 2.45) is 11.3 Å². The first-order valence-corrected chi connectivity index (χ1v) is 3.43. The summed E-state index contributed by atoms with van der Waals surface area (Å²) in [6.07, 6.45) is 8.10. The van der Waals surface area contributed by atoms with E-state index in [-0.39, 0.29) is 5.41 Å². The highest BCUT2D eigenvalue weighted by molar-refractivity contribution is 5.23. The van der Waals surface area contributed by atoms with Crippen LogP contribution in [0.25, 0.3) is 0 Å². The maximum atomic E-state index is 8.74. The summed E-state index contributed by atoms with van der Waals surface area (Å²) < 4.78 is 0. The van der Waals surface area contributed by atoms with Crippen LogP contribution in [0.15, 0.2) is 24.3 Å². The summed E-state index contributed by atoms with van der Waals surface area (Å²) in [7, 11) is 0. The molecule has 0 amide bonds. The predicted molar refractivity (Wildman–Crippen MR) is 41.2 cm³/mol. The second kappa shape index (κ2) is 2.30. The maximum Gasteiger partial charge on any atom is 0.0693 e. The van der Waals surface area contributed by atoms with Crippen molar-refractivity contribution < 1.29 is 0 Å². The van der Waals surface area contributed by atoms with Crippen LogP contribution in [0, 0.1) is 22.7 Å². The van der Waals surface area contributed by atoms with Gasteiger partial charge in [0.05, 0.1) is 11.5 Å². The fraction of sp³-hybridized carbons (Fsp3) is 0.444. The van der Waals surface area contributed by atoms with Crippen LogP contribution in [0.1, 0.15) is 13.8 Å². The molecule has 0 spiro atoms. The van der Waals surface area contributed by atoms with Crippen molar-refractivity contribution in [3.8, 4) is 6.07 Å². The van der Waals surface area contributed by atoms with Gasteiger partial charge in [-0.1, -0.05) is 24.3 Å². The molecule has 1 rings (SSSR count). The van der Waals surface area contributed by atoms with Crippen molar-refractivity contribution in [1.82, 2.24) is 0 Å². The van der Waals surface area contributed by atoms with Crippen LogP contribution in [0.5, 0.6) is 0 Å². The van der Waals surface area contributed by atoms with E-state index in [2.05, 4.69) is 18.2 Å². The highest BCUT2D eigenvalue weighted by Gasteiger charge is 2.25. The molecule has 10 heavy (non-hydrogen) atoms. The molecule has 0 bridgehead atoms. The molecular weight excluding hydrogens is 122 g/mol. The topological polar surface area (TPSA) is 23.8 Å². The molecule has 0 aromatic carbocycles.